The fraction of sp³-hybridized carbons (Fsp3) is 0.300. The average Bonchev–Trinajstić information content (AvgIpc) is 2.66. The highest BCUT2D eigenvalue weighted by Crippen LogP contribution is 2.32. The van der Waals surface area contributed by atoms with Gasteiger partial charge in [0.1, 0.15) is 11.9 Å². The first-order valence-electron chi connectivity index (χ1n) is 4.53. The fourth-order valence-electron chi connectivity index (χ4n) is 1.48. The quantitative estimate of drug-likeness (QED) is 0.806. The van der Waals surface area contributed by atoms with E-state index in [4.69, 9.17) is 5.11 Å². The average molecular weight is 227 g/mol. The molecule has 1 aromatic carbocycles. The van der Waals surface area contributed by atoms with Crippen molar-refractivity contribution in [3.63, 3.8) is 0 Å². The summed E-state index contributed by atoms with van der Waals surface area (Å²) in [6.07, 6.45) is 0. The summed E-state index contributed by atoms with van der Waals surface area (Å²) >= 11 is 1.48. The zero-order valence-corrected chi connectivity index (χ0v) is 8.63. The molecule has 0 radical (unpaired) electrons. The van der Waals surface area contributed by atoms with E-state index < -0.39 is 12.0 Å². The Bertz CT molecular complexity index is 385. The van der Waals surface area contributed by atoms with Crippen LogP contribution in [0.3, 0.4) is 0 Å². The topological polar surface area (TPSA) is 49.3 Å². The molecular formula is C10H10FNO2S. The van der Waals surface area contributed by atoms with E-state index in [9.17, 15) is 9.18 Å². The predicted octanol–water partition coefficient (Wildman–Crippen LogP) is 1.61. The van der Waals surface area contributed by atoms with Gasteiger partial charge in [-0.05, 0) is 17.7 Å². The van der Waals surface area contributed by atoms with Crippen LogP contribution < -0.4 is 5.32 Å². The third-order valence-corrected chi connectivity index (χ3v) is 3.50. The van der Waals surface area contributed by atoms with Crippen LogP contribution in [0.25, 0.3) is 0 Å². The summed E-state index contributed by atoms with van der Waals surface area (Å²) < 4.78 is 12.9. The molecule has 2 rings (SSSR count). The van der Waals surface area contributed by atoms with Crippen LogP contribution in [0.5, 0.6) is 0 Å². The smallest absolute Gasteiger partial charge is 0.321 e. The third kappa shape index (κ3) is 2.30. The Balaban J connectivity index is 2.11. The molecule has 0 aliphatic carbocycles. The van der Waals surface area contributed by atoms with Gasteiger partial charge in [0.25, 0.3) is 0 Å². The van der Waals surface area contributed by atoms with Crippen molar-refractivity contribution in [1.82, 2.24) is 5.32 Å². The van der Waals surface area contributed by atoms with E-state index >= 15 is 0 Å². The molecule has 80 valence electrons. The Morgan fingerprint density at radius 3 is 3.00 bits per heavy atom. The van der Waals surface area contributed by atoms with Crippen LogP contribution in [-0.2, 0) is 4.79 Å². The van der Waals surface area contributed by atoms with Crippen molar-refractivity contribution in [3.05, 3.63) is 35.6 Å². The van der Waals surface area contributed by atoms with Gasteiger partial charge in [-0.2, -0.15) is 0 Å². The number of carboxylic acid groups (broad SMARTS) is 1. The molecular weight excluding hydrogens is 217 g/mol. The van der Waals surface area contributed by atoms with Crippen LogP contribution >= 0.6 is 11.8 Å². The van der Waals surface area contributed by atoms with E-state index in [0.29, 0.717) is 5.75 Å². The normalized spacial score (nSPS) is 25.4. The number of thioether (sulfide) groups is 1. The second-order valence-corrected chi connectivity index (χ2v) is 4.46. The SMILES string of the molecule is O=C(O)[C@@H]1CS[C@@H](c2cccc(F)c2)N1. The number of nitrogens with one attached hydrogen (secondary N) is 1. The molecule has 0 unspecified atom stereocenters. The minimum Gasteiger partial charge on any atom is -0.480 e. The summed E-state index contributed by atoms with van der Waals surface area (Å²) in [6, 6.07) is 5.68. The number of benzene rings is 1. The van der Waals surface area contributed by atoms with Gasteiger partial charge in [0.05, 0.1) is 5.37 Å². The van der Waals surface area contributed by atoms with Gasteiger partial charge in [0, 0.05) is 5.75 Å². The van der Waals surface area contributed by atoms with E-state index in [0.717, 1.165) is 5.56 Å². The molecule has 2 atom stereocenters. The van der Waals surface area contributed by atoms with E-state index in [1.807, 2.05) is 0 Å². The Kier molecular flexibility index (Phi) is 2.93. The molecule has 1 saturated heterocycles. The molecule has 0 aromatic heterocycles. The maximum Gasteiger partial charge on any atom is 0.321 e. The van der Waals surface area contributed by atoms with Crippen molar-refractivity contribution in [2.75, 3.05) is 5.75 Å². The van der Waals surface area contributed by atoms with Gasteiger partial charge in [0.2, 0.25) is 0 Å². The third-order valence-electron chi connectivity index (χ3n) is 2.23. The van der Waals surface area contributed by atoms with Gasteiger partial charge in [0.15, 0.2) is 0 Å². The zero-order chi connectivity index (χ0) is 10.8. The lowest BCUT2D eigenvalue weighted by Crippen LogP contribution is -2.33. The monoisotopic (exact) mass is 227 g/mol. The standard InChI is InChI=1S/C10H10FNO2S/c11-7-3-1-2-6(4-7)9-12-8(5-15-9)10(13)14/h1-4,8-9,12H,5H2,(H,13,14)/t8-,9-/m0/s1. The van der Waals surface area contributed by atoms with Crippen molar-refractivity contribution < 1.29 is 14.3 Å². The molecule has 1 aliphatic heterocycles. The molecule has 15 heavy (non-hydrogen) atoms. The van der Waals surface area contributed by atoms with E-state index in [1.165, 1.54) is 23.9 Å². The Labute approximate surface area is 90.7 Å². The summed E-state index contributed by atoms with van der Waals surface area (Å²) in [4.78, 5) is 10.7. The molecule has 0 saturated carbocycles. The highest BCUT2D eigenvalue weighted by atomic mass is 32.2. The van der Waals surface area contributed by atoms with E-state index in [1.54, 1.807) is 12.1 Å². The highest BCUT2D eigenvalue weighted by molar-refractivity contribution is 7.99. The Morgan fingerprint density at radius 2 is 2.40 bits per heavy atom. The zero-order valence-electron chi connectivity index (χ0n) is 7.81. The number of rotatable bonds is 2. The number of aliphatic carboxylic acids is 1. The molecule has 0 amide bonds. The maximum atomic E-state index is 12.9. The lowest BCUT2D eigenvalue weighted by molar-refractivity contribution is -0.138. The van der Waals surface area contributed by atoms with Crippen molar-refractivity contribution in [3.8, 4) is 0 Å². The van der Waals surface area contributed by atoms with E-state index in [-0.39, 0.29) is 11.2 Å². The van der Waals surface area contributed by atoms with Gasteiger partial charge >= 0.3 is 5.97 Å². The van der Waals surface area contributed by atoms with Crippen LogP contribution in [0.4, 0.5) is 4.39 Å². The minimum absolute atomic E-state index is 0.123. The lowest BCUT2D eigenvalue weighted by Gasteiger charge is -2.10. The molecule has 2 N–H and O–H groups in total. The van der Waals surface area contributed by atoms with Gasteiger partial charge in [-0.25, -0.2) is 4.39 Å². The van der Waals surface area contributed by atoms with Crippen molar-refractivity contribution in [2.24, 2.45) is 0 Å². The van der Waals surface area contributed by atoms with Gasteiger partial charge in [-0.1, -0.05) is 12.1 Å². The van der Waals surface area contributed by atoms with Crippen molar-refractivity contribution in [2.45, 2.75) is 11.4 Å². The van der Waals surface area contributed by atoms with E-state index in [2.05, 4.69) is 5.32 Å². The summed E-state index contributed by atoms with van der Waals surface area (Å²) in [5.41, 5.74) is 0.781. The van der Waals surface area contributed by atoms with Crippen LogP contribution in [0.15, 0.2) is 24.3 Å². The molecule has 1 fully saturated rings. The lowest BCUT2D eigenvalue weighted by atomic mass is 10.2. The molecule has 1 heterocycles. The first kappa shape index (κ1) is 10.4. The molecule has 0 bridgehead atoms. The molecule has 3 nitrogen and oxygen atoms in total. The second kappa shape index (κ2) is 4.20. The van der Waals surface area contributed by atoms with Crippen molar-refractivity contribution >= 4 is 17.7 Å². The first-order chi connectivity index (χ1) is 7.16. The molecule has 1 aromatic rings. The van der Waals surface area contributed by atoms with Crippen LogP contribution in [0, 0.1) is 5.82 Å². The fourth-order valence-corrected chi connectivity index (χ4v) is 2.70. The minimum atomic E-state index is -0.860. The highest BCUT2D eigenvalue weighted by Gasteiger charge is 2.30. The number of hydrogen-bond donors (Lipinski definition) is 2. The number of halogens is 1. The van der Waals surface area contributed by atoms with Gasteiger partial charge < -0.3 is 5.11 Å². The second-order valence-electron chi connectivity index (χ2n) is 3.33. The Hall–Kier alpha value is -1.07. The number of hydrogen-bond acceptors (Lipinski definition) is 3. The molecule has 5 heteroatoms. The Morgan fingerprint density at radius 1 is 1.60 bits per heavy atom. The molecule has 0 spiro atoms. The number of carbonyl (C=O) groups is 1. The predicted molar refractivity (Wildman–Crippen MR) is 56.2 cm³/mol. The molecule has 1 aliphatic rings. The van der Waals surface area contributed by atoms with Crippen LogP contribution in [0.2, 0.25) is 0 Å². The largest absolute Gasteiger partial charge is 0.480 e. The number of carboxylic acids is 1. The maximum absolute atomic E-state index is 12.9. The van der Waals surface area contributed by atoms with Crippen LogP contribution in [-0.4, -0.2) is 22.9 Å². The van der Waals surface area contributed by atoms with Crippen LogP contribution in [0.1, 0.15) is 10.9 Å². The van der Waals surface area contributed by atoms with Crippen molar-refractivity contribution in [1.29, 1.82) is 0 Å². The first-order valence-corrected chi connectivity index (χ1v) is 5.57. The van der Waals surface area contributed by atoms with Gasteiger partial charge in [-0.3, -0.25) is 10.1 Å². The van der Waals surface area contributed by atoms with Gasteiger partial charge in [-0.15, -0.1) is 11.8 Å². The summed E-state index contributed by atoms with van der Waals surface area (Å²) in [6.45, 7) is 0. The summed E-state index contributed by atoms with van der Waals surface area (Å²) in [5, 5.41) is 11.6. The summed E-state index contributed by atoms with van der Waals surface area (Å²) in [7, 11) is 0. The summed E-state index contributed by atoms with van der Waals surface area (Å²) in [5.74, 6) is -0.647.